The maximum absolute atomic E-state index is 13.4. The molecule has 2 aromatic heterocycles. The molecule has 0 saturated heterocycles. The van der Waals surface area contributed by atoms with Crippen molar-refractivity contribution in [3.8, 4) is 17.2 Å². The summed E-state index contributed by atoms with van der Waals surface area (Å²) in [6, 6.07) is 6.92. The fourth-order valence-corrected chi connectivity index (χ4v) is 2.53. The zero-order valence-electron chi connectivity index (χ0n) is 12.6. The molecule has 0 spiro atoms. The van der Waals surface area contributed by atoms with Crippen LogP contribution in [-0.4, -0.2) is 28.2 Å². The molecule has 0 aliphatic heterocycles. The molecule has 7 nitrogen and oxygen atoms in total. The zero-order chi connectivity index (χ0) is 19.1. The lowest BCUT2D eigenvalue weighted by molar-refractivity contribution is -0.144. The Hall–Kier alpha value is -2.86. The lowest BCUT2D eigenvalue weighted by Gasteiger charge is -2.06. The standard InChI is InChI=1S/C14H9F4N5O2S/c15-9-3-1-2-8(6-9)12-21-13(14(16,17)18)22-23(12)11-5-4-10(7-20-11)26(19,24)25/h1-7H,(H2,19,24,25). The number of benzene rings is 1. The lowest BCUT2D eigenvalue weighted by atomic mass is 10.2. The van der Waals surface area contributed by atoms with E-state index in [1.807, 2.05) is 0 Å². The second-order valence-electron chi connectivity index (χ2n) is 5.08. The van der Waals surface area contributed by atoms with Crippen molar-refractivity contribution in [2.45, 2.75) is 11.1 Å². The molecule has 26 heavy (non-hydrogen) atoms. The molecular formula is C14H9F4N5O2S. The minimum atomic E-state index is -4.84. The Morgan fingerprint density at radius 2 is 1.85 bits per heavy atom. The summed E-state index contributed by atoms with van der Waals surface area (Å²) in [5.74, 6) is -2.59. The van der Waals surface area contributed by atoms with E-state index in [-0.39, 0.29) is 22.1 Å². The van der Waals surface area contributed by atoms with Crippen LogP contribution >= 0.6 is 0 Å². The molecule has 0 amide bonds. The highest BCUT2D eigenvalue weighted by molar-refractivity contribution is 7.89. The molecule has 136 valence electrons. The predicted molar refractivity (Wildman–Crippen MR) is 80.9 cm³/mol. The molecule has 12 heteroatoms. The average molecular weight is 387 g/mol. The van der Waals surface area contributed by atoms with E-state index in [1.165, 1.54) is 12.1 Å². The second-order valence-corrected chi connectivity index (χ2v) is 6.64. The van der Waals surface area contributed by atoms with Crippen molar-refractivity contribution in [1.29, 1.82) is 0 Å². The summed E-state index contributed by atoms with van der Waals surface area (Å²) < 4.78 is 75.6. The highest BCUT2D eigenvalue weighted by Crippen LogP contribution is 2.30. The minimum Gasteiger partial charge on any atom is -0.236 e. The molecule has 0 atom stereocenters. The number of sulfonamides is 1. The Balaban J connectivity index is 2.18. The van der Waals surface area contributed by atoms with Gasteiger partial charge >= 0.3 is 6.18 Å². The van der Waals surface area contributed by atoms with E-state index < -0.39 is 27.8 Å². The topological polar surface area (TPSA) is 104 Å². The van der Waals surface area contributed by atoms with Gasteiger partial charge in [0.1, 0.15) is 10.7 Å². The van der Waals surface area contributed by atoms with Crippen LogP contribution in [0, 0.1) is 5.82 Å². The van der Waals surface area contributed by atoms with Crippen LogP contribution in [0.4, 0.5) is 17.6 Å². The van der Waals surface area contributed by atoms with Gasteiger partial charge in [0.2, 0.25) is 10.0 Å². The molecule has 0 aliphatic rings. The first-order chi connectivity index (χ1) is 12.1. The van der Waals surface area contributed by atoms with E-state index in [2.05, 4.69) is 15.1 Å². The number of hydrogen-bond acceptors (Lipinski definition) is 5. The third-order valence-corrected chi connectivity index (χ3v) is 4.11. The number of hydrogen-bond donors (Lipinski definition) is 1. The predicted octanol–water partition coefficient (Wildman–Crippen LogP) is 2.13. The number of alkyl halides is 3. The van der Waals surface area contributed by atoms with Gasteiger partial charge in [-0.2, -0.15) is 17.9 Å². The summed E-state index contributed by atoms with van der Waals surface area (Å²) in [7, 11) is -4.03. The van der Waals surface area contributed by atoms with Gasteiger partial charge in [0.05, 0.1) is 0 Å². The first kappa shape index (κ1) is 17.9. The van der Waals surface area contributed by atoms with Gasteiger partial charge < -0.3 is 0 Å². The van der Waals surface area contributed by atoms with Crippen molar-refractivity contribution in [2.24, 2.45) is 5.14 Å². The van der Waals surface area contributed by atoms with Crippen LogP contribution in [0.15, 0.2) is 47.5 Å². The van der Waals surface area contributed by atoms with Gasteiger partial charge in [0, 0.05) is 11.8 Å². The molecule has 0 unspecified atom stereocenters. The van der Waals surface area contributed by atoms with Crippen LogP contribution in [-0.2, 0) is 16.2 Å². The Labute approximate surface area is 144 Å². The Bertz CT molecular complexity index is 1060. The van der Waals surface area contributed by atoms with E-state index >= 15 is 0 Å². The van der Waals surface area contributed by atoms with Crippen LogP contribution in [0.5, 0.6) is 0 Å². The summed E-state index contributed by atoms with van der Waals surface area (Å²) in [5, 5.41) is 8.32. The first-order valence-electron chi connectivity index (χ1n) is 6.85. The van der Waals surface area contributed by atoms with E-state index in [0.717, 1.165) is 35.1 Å². The third kappa shape index (κ3) is 3.55. The molecule has 0 bridgehead atoms. The first-order valence-corrected chi connectivity index (χ1v) is 8.40. The highest BCUT2D eigenvalue weighted by Gasteiger charge is 2.37. The largest absolute Gasteiger partial charge is 0.453 e. The molecule has 0 fully saturated rings. The van der Waals surface area contributed by atoms with Crippen molar-refractivity contribution in [3.05, 3.63) is 54.2 Å². The van der Waals surface area contributed by atoms with Gasteiger partial charge in [-0.05, 0) is 24.3 Å². The molecule has 3 aromatic rings. The Morgan fingerprint density at radius 1 is 1.12 bits per heavy atom. The zero-order valence-corrected chi connectivity index (χ0v) is 13.5. The average Bonchev–Trinajstić information content (AvgIpc) is 3.00. The van der Waals surface area contributed by atoms with Gasteiger partial charge in [0.15, 0.2) is 11.6 Å². The van der Waals surface area contributed by atoms with Gasteiger partial charge in [-0.15, -0.1) is 5.10 Å². The van der Waals surface area contributed by atoms with Crippen molar-refractivity contribution < 1.29 is 26.0 Å². The maximum atomic E-state index is 13.4. The number of primary sulfonamides is 1. The number of halogens is 4. The highest BCUT2D eigenvalue weighted by atomic mass is 32.2. The van der Waals surface area contributed by atoms with E-state index in [0.29, 0.717) is 0 Å². The number of nitrogens with two attached hydrogens (primary N) is 1. The summed E-state index contributed by atoms with van der Waals surface area (Å²) in [5.41, 5.74) is 0.0327. The van der Waals surface area contributed by atoms with Crippen LogP contribution in [0.25, 0.3) is 17.2 Å². The van der Waals surface area contributed by atoms with Crippen molar-refractivity contribution in [3.63, 3.8) is 0 Å². The second kappa shape index (κ2) is 6.14. The van der Waals surface area contributed by atoms with E-state index in [1.54, 1.807) is 0 Å². The van der Waals surface area contributed by atoms with Crippen molar-refractivity contribution >= 4 is 10.0 Å². The molecule has 3 rings (SSSR count). The summed E-state index contributed by atoms with van der Waals surface area (Å²) in [6.45, 7) is 0. The van der Waals surface area contributed by atoms with Crippen LogP contribution in [0.1, 0.15) is 5.82 Å². The number of rotatable bonds is 3. The smallest absolute Gasteiger partial charge is 0.236 e. The molecule has 0 aliphatic carbocycles. The molecule has 2 N–H and O–H groups in total. The number of pyridine rings is 1. The summed E-state index contributed by atoms with van der Waals surface area (Å²) in [6.07, 6.45) is -3.97. The minimum absolute atomic E-state index is 0.0327. The van der Waals surface area contributed by atoms with Crippen LogP contribution in [0.2, 0.25) is 0 Å². The molecule has 1 aromatic carbocycles. The van der Waals surface area contributed by atoms with Crippen molar-refractivity contribution in [1.82, 2.24) is 19.7 Å². The third-order valence-electron chi connectivity index (χ3n) is 3.21. The van der Waals surface area contributed by atoms with Gasteiger partial charge in [-0.1, -0.05) is 12.1 Å². The lowest BCUT2D eigenvalue weighted by Crippen LogP contribution is -2.13. The van der Waals surface area contributed by atoms with E-state index in [4.69, 9.17) is 5.14 Å². The van der Waals surface area contributed by atoms with Gasteiger partial charge in [-0.25, -0.2) is 27.9 Å². The quantitative estimate of drug-likeness (QED) is 0.694. The fourth-order valence-electron chi connectivity index (χ4n) is 2.07. The summed E-state index contributed by atoms with van der Waals surface area (Å²) >= 11 is 0. The van der Waals surface area contributed by atoms with Crippen LogP contribution in [0.3, 0.4) is 0 Å². The Morgan fingerprint density at radius 3 is 2.38 bits per heavy atom. The maximum Gasteiger partial charge on any atom is 0.453 e. The molecule has 0 saturated carbocycles. The number of nitrogens with zero attached hydrogens (tertiary/aromatic N) is 4. The van der Waals surface area contributed by atoms with Gasteiger partial charge in [-0.3, -0.25) is 0 Å². The van der Waals surface area contributed by atoms with E-state index in [9.17, 15) is 26.0 Å². The van der Waals surface area contributed by atoms with Crippen molar-refractivity contribution in [2.75, 3.05) is 0 Å². The number of aromatic nitrogens is 4. The molecule has 2 heterocycles. The Kier molecular flexibility index (Phi) is 4.24. The fraction of sp³-hybridized carbons (Fsp3) is 0.0714. The monoisotopic (exact) mass is 387 g/mol. The molecule has 0 radical (unpaired) electrons. The normalized spacial score (nSPS) is 12.3. The summed E-state index contributed by atoms with van der Waals surface area (Å²) in [4.78, 5) is 6.85. The molecular weight excluding hydrogens is 378 g/mol. The SMILES string of the molecule is NS(=O)(=O)c1ccc(-n2nc(C(F)(F)F)nc2-c2cccc(F)c2)nc1. The van der Waals surface area contributed by atoms with Gasteiger partial charge in [0.25, 0.3) is 5.82 Å². The van der Waals surface area contributed by atoms with Crippen LogP contribution < -0.4 is 5.14 Å².